The van der Waals surface area contributed by atoms with E-state index in [9.17, 15) is 4.79 Å². The van der Waals surface area contributed by atoms with Crippen LogP contribution in [0.3, 0.4) is 0 Å². The number of aryl methyl sites for hydroxylation is 1. The molecule has 1 heterocycles. The number of nitrogens with one attached hydrogen (secondary N) is 2. The number of benzene rings is 2. The number of para-hydroxylation sites is 1. The summed E-state index contributed by atoms with van der Waals surface area (Å²) in [5.41, 5.74) is 5.66. The first-order chi connectivity index (χ1) is 14.2. The van der Waals surface area contributed by atoms with E-state index in [1.165, 1.54) is 35.9 Å². The van der Waals surface area contributed by atoms with Crippen LogP contribution in [-0.4, -0.2) is 24.0 Å². The van der Waals surface area contributed by atoms with Crippen molar-refractivity contribution in [3.05, 3.63) is 76.5 Å². The Kier molecular flexibility index (Phi) is 6.11. The van der Waals surface area contributed by atoms with Gasteiger partial charge in [0.1, 0.15) is 0 Å². The fourth-order valence-corrected chi connectivity index (χ4v) is 3.99. The summed E-state index contributed by atoms with van der Waals surface area (Å²) in [4.78, 5) is 17.0. The van der Waals surface area contributed by atoms with Crippen LogP contribution < -0.4 is 10.6 Å². The van der Waals surface area contributed by atoms with Gasteiger partial charge in [0, 0.05) is 41.0 Å². The van der Waals surface area contributed by atoms with Gasteiger partial charge in [0.15, 0.2) is 0 Å². The lowest BCUT2D eigenvalue weighted by Gasteiger charge is -2.21. The number of hydrogen-bond acceptors (Lipinski definition) is 3. The van der Waals surface area contributed by atoms with E-state index in [2.05, 4.69) is 22.8 Å². The van der Waals surface area contributed by atoms with Crippen LogP contribution in [0.5, 0.6) is 0 Å². The van der Waals surface area contributed by atoms with Crippen molar-refractivity contribution in [2.75, 3.05) is 18.4 Å². The second kappa shape index (κ2) is 9.10. The van der Waals surface area contributed by atoms with E-state index in [0.717, 1.165) is 29.3 Å². The van der Waals surface area contributed by atoms with Gasteiger partial charge in [-0.05, 0) is 61.1 Å². The van der Waals surface area contributed by atoms with E-state index in [1.807, 2.05) is 36.4 Å². The van der Waals surface area contributed by atoms with Crippen LogP contribution in [0.25, 0.3) is 17.0 Å². The standard InChI is InChI=1S/C24H24ClN3O/c25-18-7-5-6-17(16-18)12-13-23(29)26-14-15-27-24-19-8-1-3-10-21(19)28-22-11-4-2-9-20(22)24/h1,3,5-8,10,12-13,16H,2,4,9,11,14-15H2,(H,26,29)(H,27,28)/b13-12+. The van der Waals surface area contributed by atoms with Crippen molar-refractivity contribution < 1.29 is 4.79 Å². The smallest absolute Gasteiger partial charge is 0.244 e. The van der Waals surface area contributed by atoms with E-state index in [1.54, 1.807) is 6.08 Å². The molecule has 4 rings (SSSR count). The minimum atomic E-state index is -0.117. The number of carbonyl (C=O) groups is 1. The molecule has 0 aliphatic heterocycles. The maximum absolute atomic E-state index is 12.1. The zero-order chi connectivity index (χ0) is 20.1. The monoisotopic (exact) mass is 405 g/mol. The number of anilines is 1. The highest BCUT2D eigenvalue weighted by Crippen LogP contribution is 2.33. The lowest BCUT2D eigenvalue weighted by atomic mass is 9.92. The van der Waals surface area contributed by atoms with Crippen molar-refractivity contribution in [1.29, 1.82) is 0 Å². The van der Waals surface area contributed by atoms with E-state index < -0.39 is 0 Å². The second-order valence-electron chi connectivity index (χ2n) is 7.24. The molecule has 148 valence electrons. The number of fused-ring (bicyclic) bond motifs is 2. The van der Waals surface area contributed by atoms with Gasteiger partial charge in [-0.2, -0.15) is 0 Å². The van der Waals surface area contributed by atoms with E-state index in [0.29, 0.717) is 18.1 Å². The maximum atomic E-state index is 12.1. The Morgan fingerprint density at radius 2 is 1.93 bits per heavy atom. The predicted molar refractivity (Wildman–Crippen MR) is 120 cm³/mol. The fourth-order valence-electron chi connectivity index (χ4n) is 3.79. The van der Waals surface area contributed by atoms with E-state index in [-0.39, 0.29) is 5.91 Å². The van der Waals surface area contributed by atoms with Crippen molar-refractivity contribution in [3.63, 3.8) is 0 Å². The third-order valence-electron chi connectivity index (χ3n) is 5.17. The fraction of sp³-hybridized carbons (Fsp3) is 0.250. The molecule has 1 aliphatic rings. The van der Waals surface area contributed by atoms with E-state index >= 15 is 0 Å². The van der Waals surface area contributed by atoms with Crippen LogP contribution in [0, 0.1) is 0 Å². The number of pyridine rings is 1. The van der Waals surface area contributed by atoms with Gasteiger partial charge in [-0.15, -0.1) is 0 Å². The van der Waals surface area contributed by atoms with Crippen molar-refractivity contribution in [1.82, 2.24) is 10.3 Å². The molecule has 0 fully saturated rings. The van der Waals surface area contributed by atoms with Crippen molar-refractivity contribution in [2.45, 2.75) is 25.7 Å². The van der Waals surface area contributed by atoms with Gasteiger partial charge >= 0.3 is 0 Å². The lowest BCUT2D eigenvalue weighted by molar-refractivity contribution is -0.116. The van der Waals surface area contributed by atoms with Crippen LogP contribution in [0.4, 0.5) is 5.69 Å². The quantitative estimate of drug-likeness (QED) is 0.447. The molecule has 1 aromatic heterocycles. The third-order valence-corrected chi connectivity index (χ3v) is 5.41. The molecule has 2 N–H and O–H groups in total. The number of rotatable bonds is 6. The van der Waals surface area contributed by atoms with Gasteiger partial charge < -0.3 is 10.6 Å². The predicted octanol–water partition coefficient (Wildman–Crippen LogP) is 5.01. The zero-order valence-corrected chi connectivity index (χ0v) is 17.0. The molecule has 3 aromatic rings. The van der Waals surface area contributed by atoms with Gasteiger partial charge in [-0.1, -0.05) is 41.9 Å². The summed E-state index contributed by atoms with van der Waals surface area (Å²) in [6.45, 7) is 1.21. The summed E-state index contributed by atoms with van der Waals surface area (Å²) < 4.78 is 0. The average molecular weight is 406 g/mol. The molecule has 4 nitrogen and oxygen atoms in total. The normalized spacial score (nSPS) is 13.4. The van der Waals surface area contributed by atoms with Crippen LogP contribution in [0.15, 0.2) is 54.6 Å². The topological polar surface area (TPSA) is 54.0 Å². The Bertz CT molecular complexity index is 1060. The van der Waals surface area contributed by atoms with Crippen LogP contribution >= 0.6 is 11.6 Å². The molecule has 0 saturated heterocycles. The van der Waals surface area contributed by atoms with Gasteiger partial charge in [-0.25, -0.2) is 0 Å². The summed E-state index contributed by atoms with van der Waals surface area (Å²) in [6, 6.07) is 15.7. The van der Waals surface area contributed by atoms with Gasteiger partial charge in [-0.3, -0.25) is 9.78 Å². The molecule has 0 atom stereocenters. The first-order valence-corrected chi connectivity index (χ1v) is 10.4. The molecule has 0 unspecified atom stereocenters. The average Bonchev–Trinajstić information content (AvgIpc) is 2.74. The van der Waals surface area contributed by atoms with E-state index in [4.69, 9.17) is 16.6 Å². The highest BCUT2D eigenvalue weighted by atomic mass is 35.5. The Morgan fingerprint density at radius 3 is 2.83 bits per heavy atom. The van der Waals surface area contributed by atoms with Crippen molar-refractivity contribution in [2.24, 2.45) is 0 Å². The summed E-state index contributed by atoms with van der Waals surface area (Å²) in [5.74, 6) is -0.117. The number of nitrogens with zero attached hydrogens (tertiary/aromatic N) is 1. The highest BCUT2D eigenvalue weighted by molar-refractivity contribution is 6.30. The first-order valence-electron chi connectivity index (χ1n) is 10.1. The SMILES string of the molecule is O=C(/C=C/c1cccc(Cl)c1)NCCNc1c2c(nc3ccccc13)CCCC2. The summed E-state index contributed by atoms with van der Waals surface area (Å²) in [6.07, 6.45) is 7.81. The molecule has 0 spiro atoms. The largest absolute Gasteiger partial charge is 0.382 e. The number of aromatic nitrogens is 1. The minimum absolute atomic E-state index is 0.117. The summed E-state index contributed by atoms with van der Waals surface area (Å²) in [5, 5.41) is 8.30. The van der Waals surface area contributed by atoms with Gasteiger partial charge in [0.05, 0.1) is 5.52 Å². The van der Waals surface area contributed by atoms with Crippen LogP contribution in [0.2, 0.25) is 5.02 Å². The van der Waals surface area contributed by atoms with Gasteiger partial charge in [0.25, 0.3) is 0 Å². The number of hydrogen-bond donors (Lipinski definition) is 2. The Labute approximate surface area is 176 Å². The summed E-state index contributed by atoms with van der Waals surface area (Å²) in [7, 11) is 0. The number of carbonyl (C=O) groups excluding carboxylic acids is 1. The Hall–Kier alpha value is -2.85. The lowest BCUT2D eigenvalue weighted by Crippen LogP contribution is -2.27. The molecule has 0 radical (unpaired) electrons. The zero-order valence-electron chi connectivity index (χ0n) is 16.2. The Balaban J connectivity index is 1.38. The molecule has 1 aliphatic carbocycles. The maximum Gasteiger partial charge on any atom is 0.244 e. The number of halogens is 1. The molecule has 1 amide bonds. The molecule has 0 bridgehead atoms. The number of amides is 1. The first kappa shape index (κ1) is 19.5. The van der Waals surface area contributed by atoms with Crippen molar-refractivity contribution in [3.8, 4) is 0 Å². The highest BCUT2D eigenvalue weighted by Gasteiger charge is 2.17. The molecule has 0 saturated carbocycles. The Morgan fingerprint density at radius 1 is 1.07 bits per heavy atom. The molecular weight excluding hydrogens is 382 g/mol. The molecular formula is C24H24ClN3O. The molecule has 2 aromatic carbocycles. The second-order valence-corrected chi connectivity index (χ2v) is 7.68. The molecule has 5 heteroatoms. The minimum Gasteiger partial charge on any atom is -0.382 e. The van der Waals surface area contributed by atoms with Crippen LogP contribution in [-0.2, 0) is 17.6 Å². The third kappa shape index (κ3) is 4.77. The summed E-state index contributed by atoms with van der Waals surface area (Å²) >= 11 is 5.97. The van der Waals surface area contributed by atoms with Crippen molar-refractivity contribution >= 4 is 40.2 Å². The molecule has 29 heavy (non-hydrogen) atoms. The van der Waals surface area contributed by atoms with Crippen LogP contribution in [0.1, 0.15) is 29.7 Å². The van der Waals surface area contributed by atoms with Gasteiger partial charge in [0.2, 0.25) is 5.91 Å².